The summed E-state index contributed by atoms with van der Waals surface area (Å²) in [6.45, 7) is 0. The first-order chi connectivity index (χ1) is 5.54. The van der Waals surface area contributed by atoms with E-state index in [1.165, 1.54) is 24.3 Å². The quantitative estimate of drug-likeness (QED) is 0.360. The Bertz CT molecular complexity index is 256. The third-order valence-electron chi connectivity index (χ3n) is 1.34. The minimum absolute atomic E-state index is 0.0708. The van der Waals surface area contributed by atoms with Crippen LogP contribution in [0.1, 0.15) is 0 Å². The van der Waals surface area contributed by atoms with E-state index < -0.39 is 10.9 Å². The van der Waals surface area contributed by atoms with Crippen LogP contribution in [0, 0.1) is 0 Å². The number of nitrogens with one attached hydrogen (secondary N) is 1. The van der Waals surface area contributed by atoms with Gasteiger partial charge in [-0.2, -0.15) is 0 Å². The van der Waals surface area contributed by atoms with E-state index in [1.54, 1.807) is 0 Å². The van der Waals surface area contributed by atoms with Gasteiger partial charge in [-0.3, -0.25) is 5.84 Å². The maximum atomic E-state index is 8.80. The average Bonchev–Trinajstić information content (AvgIpc) is 2.03. The zero-order valence-electron chi connectivity index (χ0n) is 6.14. The summed E-state index contributed by atoms with van der Waals surface area (Å²) in [5.74, 6) is 5.08. The molecule has 0 aliphatic carbocycles. The highest BCUT2D eigenvalue weighted by Gasteiger charge is 2.14. The van der Waals surface area contributed by atoms with Crippen molar-refractivity contribution < 1.29 is 13.7 Å². The molecule has 6 heteroatoms. The van der Waals surface area contributed by atoms with Gasteiger partial charge in [0.1, 0.15) is 10.9 Å². The van der Waals surface area contributed by atoms with E-state index in [9.17, 15) is 0 Å². The van der Waals surface area contributed by atoms with Gasteiger partial charge in [-0.1, -0.05) is 0 Å². The van der Waals surface area contributed by atoms with Gasteiger partial charge in [0.2, 0.25) is 0 Å². The van der Waals surface area contributed by atoms with Crippen molar-refractivity contribution in [2.45, 2.75) is 4.90 Å². The van der Waals surface area contributed by atoms with Crippen molar-refractivity contribution in [2.24, 2.45) is 5.84 Å². The number of hydrogen-bond acceptors (Lipinski definition) is 5. The summed E-state index contributed by atoms with van der Waals surface area (Å²) < 4.78 is 26.4. The van der Waals surface area contributed by atoms with Crippen LogP contribution in [0.5, 0.6) is 0 Å². The Morgan fingerprint density at radius 2 is 1.58 bits per heavy atom. The Balaban J connectivity index is 2.93. The zero-order chi connectivity index (χ0) is 9.19. The van der Waals surface area contributed by atoms with Gasteiger partial charge in [0.15, 0.2) is 0 Å². The molecule has 0 aliphatic rings. The SMILES string of the molecule is NNc1ccc(S(O)(O)O)cc1. The fraction of sp³-hybridized carbons (Fsp3) is 0. The number of hydrogen-bond donors (Lipinski definition) is 5. The predicted molar refractivity (Wildman–Crippen MR) is 48.0 cm³/mol. The molecule has 1 rings (SSSR count). The fourth-order valence-electron chi connectivity index (χ4n) is 0.734. The van der Waals surface area contributed by atoms with Gasteiger partial charge in [-0.25, -0.2) is 0 Å². The van der Waals surface area contributed by atoms with E-state index in [4.69, 9.17) is 19.5 Å². The largest absolute Gasteiger partial charge is 0.324 e. The first-order valence-electron chi connectivity index (χ1n) is 3.11. The third-order valence-corrected chi connectivity index (χ3v) is 2.24. The molecule has 0 bridgehead atoms. The molecule has 0 saturated carbocycles. The first kappa shape index (κ1) is 9.30. The van der Waals surface area contributed by atoms with Gasteiger partial charge < -0.3 is 19.1 Å². The molecule has 0 amide bonds. The van der Waals surface area contributed by atoms with Crippen LogP contribution in [0.15, 0.2) is 29.2 Å². The van der Waals surface area contributed by atoms with Crippen molar-refractivity contribution in [3.63, 3.8) is 0 Å². The Labute approximate surface area is 71.4 Å². The van der Waals surface area contributed by atoms with Gasteiger partial charge in [0, 0.05) is 5.69 Å². The summed E-state index contributed by atoms with van der Waals surface area (Å²) in [6.07, 6.45) is 0. The van der Waals surface area contributed by atoms with Crippen LogP contribution in [0.25, 0.3) is 0 Å². The predicted octanol–water partition coefficient (Wildman–Crippen LogP) is 1.55. The molecule has 0 aliphatic heterocycles. The minimum Gasteiger partial charge on any atom is -0.324 e. The molecular formula is C6H10N2O3S. The number of nitrogens with two attached hydrogens (primary N) is 1. The van der Waals surface area contributed by atoms with Crippen molar-refractivity contribution in [1.29, 1.82) is 0 Å². The van der Waals surface area contributed by atoms with Gasteiger partial charge in [0.25, 0.3) is 0 Å². The fourth-order valence-corrected chi connectivity index (χ4v) is 1.23. The molecule has 12 heavy (non-hydrogen) atoms. The molecule has 0 unspecified atom stereocenters. The lowest BCUT2D eigenvalue weighted by Crippen LogP contribution is -2.06. The Morgan fingerprint density at radius 3 is 1.92 bits per heavy atom. The lowest BCUT2D eigenvalue weighted by molar-refractivity contribution is 0.376. The minimum atomic E-state index is -3.60. The van der Waals surface area contributed by atoms with Crippen molar-refractivity contribution in [3.8, 4) is 0 Å². The number of hydrazine groups is 1. The summed E-state index contributed by atoms with van der Waals surface area (Å²) in [5, 5.41) is 0. The van der Waals surface area contributed by atoms with Crippen LogP contribution in [0.3, 0.4) is 0 Å². The Hall–Kier alpha value is -0.790. The second-order valence-corrected chi connectivity index (χ2v) is 3.70. The highest BCUT2D eigenvalue weighted by Crippen LogP contribution is 2.43. The highest BCUT2D eigenvalue weighted by atomic mass is 32.3. The summed E-state index contributed by atoms with van der Waals surface area (Å²) in [5.41, 5.74) is 3.00. The van der Waals surface area contributed by atoms with Crippen LogP contribution >= 0.6 is 10.9 Å². The standard InChI is InChI=1S/C6H10N2O3S/c7-8-5-1-3-6(4-2-5)12(9,10)11/h1-4,8-11H,7H2. The number of anilines is 1. The highest BCUT2D eigenvalue weighted by molar-refractivity contribution is 8.19. The van der Waals surface area contributed by atoms with Crippen molar-refractivity contribution >= 4 is 16.6 Å². The van der Waals surface area contributed by atoms with Crippen LogP contribution in [-0.4, -0.2) is 13.7 Å². The van der Waals surface area contributed by atoms with Gasteiger partial charge in [-0.15, -0.1) is 0 Å². The monoisotopic (exact) mass is 190 g/mol. The smallest absolute Gasteiger partial charge is 0.112 e. The summed E-state index contributed by atoms with van der Waals surface area (Å²) >= 11 is 0. The maximum Gasteiger partial charge on any atom is 0.112 e. The molecule has 0 heterocycles. The molecule has 0 aromatic heterocycles. The van der Waals surface area contributed by atoms with E-state index in [1.807, 2.05) is 0 Å². The zero-order valence-corrected chi connectivity index (χ0v) is 6.95. The number of nitrogen functional groups attached to an aromatic ring is 1. The first-order valence-corrected chi connectivity index (χ1v) is 4.62. The van der Waals surface area contributed by atoms with Crippen molar-refractivity contribution in [2.75, 3.05) is 5.43 Å². The topological polar surface area (TPSA) is 98.7 Å². The number of benzene rings is 1. The van der Waals surface area contributed by atoms with Crippen molar-refractivity contribution in [1.82, 2.24) is 0 Å². The van der Waals surface area contributed by atoms with Crippen molar-refractivity contribution in [3.05, 3.63) is 24.3 Å². The molecule has 6 N–H and O–H groups in total. The maximum absolute atomic E-state index is 8.80. The molecule has 0 spiro atoms. The second-order valence-electron chi connectivity index (χ2n) is 2.19. The molecule has 1 aromatic rings. The molecule has 68 valence electrons. The van der Waals surface area contributed by atoms with Crippen LogP contribution < -0.4 is 11.3 Å². The molecule has 5 nitrogen and oxygen atoms in total. The molecule has 0 atom stereocenters. The average molecular weight is 190 g/mol. The third kappa shape index (κ3) is 2.10. The normalized spacial score (nSPS) is 12.7. The Morgan fingerprint density at radius 1 is 1.08 bits per heavy atom. The molecular weight excluding hydrogens is 180 g/mol. The lowest BCUT2D eigenvalue weighted by atomic mass is 10.3. The number of rotatable bonds is 2. The van der Waals surface area contributed by atoms with E-state index in [-0.39, 0.29) is 4.90 Å². The molecule has 0 saturated heterocycles. The summed E-state index contributed by atoms with van der Waals surface area (Å²) in [7, 11) is -3.60. The van der Waals surface area contributed by atoms with E-state index >= 15 is 0 Å². The van der Waals surface area contributed by atoms with Gasteiger partial charge >= 0.3 is 0 Å². The molecule has 0 radical (unpaired) electrons. The van der Waals surface area contributed by atoms with E-state index in [0.29, 0.717) is 5.69 Å². The molecule has 0 fully saturated rings. The van der Waals surface area contributed by atoms with Crippen LogP contribution in [-0.2, 0) is 0 Å². The molecule has 1 aromatic carbocycles. The lowest BCUT2D eigenvalue weighted by Gasteiger charge is -2.18. The summed E-state index contributed by atoms with van der Waals surface area (Å²) in [4.78, 5) is 0.0708. The second kappa shape index (κ2) is 3.30. The Kier molecular flexibility index (Phi) is 2.55. The van der Waals surface area contributed by atoms with Crippen LogP contribution in [0.2, 0.25) is 0 Å². The van der Waals surface area contributed by atoms with Gasteiger partial charge in [-0.05, 0) is 24.3 Å². The van der Waals surface area contributed by atoms with E-state index in [2.05, 4.69) is 5.43 Å². The van der Waals surface area contributed by atoms with Gasteiger partial charge in [0.05, 0.1) is 4.90 Å². The summed E-state index contributed by atoms with van der Waals surface area (Å²) in [6, 6.07) is 5.81. The van der Waals surface area contributed by atoms with Crippen LogP contribution in [0.4, 0.5) is 5.69 Å². The van der Waals surface area contributed by atoms with E-state index in [0.717, 1.165) is 0 Å².